The van der Waals surface area contributed by atoms with Crippen molar-refractivity contribution < 1.29 is 53.4 Å². The van der Waals surface area contributed by atoms with E-state index >= 15 is 0 Å². The summed E-state index contributed by atoms with van der Waals surface area (Å²) in [5, 5.41) is 32.7. The van der Waals surface area contributed by atoms with Crippen molar-refractivity contribution in [2.75, 3.05) is 33.5 Å². The fourth-order valence-electron chi connectivity index (χ4n) is 3.44. The van der Waals surface area contributed by atoms with Crippen LogP contribution in [-0.2, 0) is 33.3 Å². The van der Waals surface area contributed by atoms with E-state index in [4.69, 9.17) is 18.9 Å². The molecule has 37 heavy (non-hydrogen) atoms. The predicted octanol–water partition coefficient (Wildman–Crippen LogP) is -0.366. The second-order valence-corrected chi connectivity index (χ2v) is 7.88. The van der Waals surface area contributed by atoms with Gasteiger partial charge in [0.15, 0.2) is 6.29 Å². The Morgan fingerprint density at radius 3 is 2.59 bits per heavy atom. The van der Waals surface area contributed by atoms with E-state index in [1.54, 1.807) is 6.92 Å². The summed E-state index contributed by atoms with van der Waals surface area (Å²) in [4.78, 5) is 35.4. The first-order valence-electron chi connectivity index (χ1n) is 11.3. The van der Waals surface area contributed by atoms with Gasteiger partial charge < -0.3 is 44.3 Å². The molecule has 1 aliphatic heterocycles. The Balaban J connectivity index is 2.17. The third-order valence-corrected chi connectivity index (χ3v) is 5.19. The molecule has 1 saturated heterocycles. The van der Waals surface area contributed by atoms with Crippen LogP contribution in [0.3, 0.4) is 0 Å². The Bertz CT molecular complexity index is 1040. The highest BCUT2D eigenvalue weighted by atomic mass is 16.7. The van der Waals surface area contributed by atoms with Gasteiger partial charge in [0.2, 0.25) is 5.91 Å². The van der Waals surface area contributed by atoms with Crippen LogP contribution in [-0.4, -0.2) is 97.3 Å². The van der Waals surface area contributed by atoms with E-state index in [0.29, 0.717) is 5.56 Å². The van der Waals surface area contributed by atoms with E-state index in [0.717, 1.165) is 0 Å². The SMILES string of the molecule is C=C(COC1[C@H](O)C(CO)O[C@@H](OCC#Cc2ccc(O)c(C(=O)OC)c2)[C@H]1NC(C)=O)C(=O)OCC. The summed E-state index contributed by atoms with van der Waals surface area (Å²) in [5.74, 6) is 3.36. The Hall–Kier alpha value is -3.47. The highest BCUT2D eigenvalue weighted by Gasteiger charge is 2.47. The molecule has 0 spiro atoms. The number of carbonyl (C=O) groups excluding carboxylic acids is 3. The molecule has 1 aromatic carbocycles. The minimum atomic E-state index is -1.38. The highest BCUT2D eigenvalue weighted by molar-refractivity contribution is 5.92. The summed E-state index contributed by atoms with van der Waals surface area (Å²) in [5.41, 5.74) is 0.332. The molecule has 202 valence electrons. The van der Waals surface area contributed by atoms with Crippen molar-refractivity contribution in [3.8, 4) is 17.6 Å². The number of rotatable bonds is 10. The average Bonchev–Trinajstić information content (AvgIpc) is 2.87. The van der Waals surface area contributed by atoms with Crippen LogP contribution in [0.4, 0.5) is 0 Å². The fraction of sp³-hybridized carbons (Fsp3) is 0.480. The monoisotopic (exact) mass is 521 g/mol. The molecule has 0 aliphatic carbocycles. The number of phenols is 1. The molecule has 1 heterocycles. The second kappa shape index (κ2) is 14.3. The van der Waals surface area contributed by atoms with Gasteiger partial charge in [-0.05, 0) is 25.1 Å². The number of amides is 1. The molecular weight excluding hydrogens is 490 g/mol. The molecule has 0 saturated carbocycles. The van der Waals surface area contributed by atoms with Crippen LogP contribution in [0.5, 0.6) is 5.75 Å². The molecule has 2 rings (SSSR count). The number of phenolic OH excluding ortho intramolecular Hbond substituents is 1. The third kappa shape index (κ3) is 8.28. The molecule has 0 aromatic heterocycles. The first kappa shape index (κ1) is 29.8. The van der Waals surface area contributed by atoms with Gasteiger partial charge in [0, 0.05) is 12.5 Å². The second-order valence-electron chi connectivity index (χ2n) is 7.88. The maximum atomic E-state index is 11.9. The number of carbonyl (C=O) groups is 3. The molecule has 0 bridgehead atoms. The zero-order valence-electron chi connectivity index (χ0n) is 20.8. The molecule has 2 unspecified atom stereocenters. The Morgan fingerprint density at radius 1 is 1.24 bits per heavy atom. The Kier molecular flexibility index (Phi) is 11.5. The van der Waals surface area contributed by atoms with E-state index in [1.165, 1.54) is 32.2 Å². The number of nitrogens with one attached hydrogen (secondary N) is 1. The molecule has 4 N–H and O–H groups in total. The Morgan fingerprint density at radius 2 is 1.97 bits per heavy atom. The maximum Gasteiger partial charge on any atom is 0.341 e. The lowest BCUT2D eigenvalue weighted by Crippen LogP contribution is -2.65. The van der Waals surface area contributed by atoms with Crippen molar-refractivity contribution in [1.82, 2.24) is 5.32 Å². The summed E-state index contributed by atoms with van der Waals surface area (Å²) in [6, 6.07) is 3.11. The number of benzene rings is 1. The number of hydrogen-bond donors (Lipinski definition) is 4. The number of methoxy groups -OCH3 is 1. The first-order chi connectivity index (χ1) is 17.6. The van der Waals surface area contributed by atoms with Gasteiger partial charge in [0.05, 0.1) is 32.5 Å². The summed E-state index contributed by atoms with van der Waals surface area (Å²) in [6.07, 6.45) is -4.83. The zero-order valence-corrected chi connectivity index (χ0v) is 20.8. The van der Waals surface area contributed by atoms with E-state index in [2.05, 4.69) is 28.5 Å². The van der Waals surface area contributed by atoms with Crippen LogP contribution in [0.1, 0.15) is 29.8 Å². The van der Waals surface area contributed by atoms with Crippen LogP contribution in [0.2, 0.25) is 0 Å². The molecule has 1 aliphatic rings. The molecule has 5 atom stereocenters. The van der Waals surface area contributed by atoms with Gasteiger partial charge in [-0.1, -0.05) is 18.4 Å². The zero-order chi connectivity index (χ0) is 27.5. The van der Waals surface area contributed by atoms with Crippen LogP contribution in [0, 0.1) is 11.8 Å². The van der Waals surface area contributed by atoms with Gasteiger partial charge in [0.25, 0.3) is 0 Å². The maximum absolute atomic E-state index is 11.9. The van der Waals surface area contributed by atoms with E-state index in [9.17, 15) is 29.7 Å². The van der Waals surface area contributed by atoms with E-state index < -0.39 is 55.1 Å². The number of aliphatic hydroxyl groups is 2. The fourth-order valence-corrected chi connectivity index (χ4v) is 3.44. The van der Waals surface area contributed by atoms with Gasteiger partial charge in [-0.25, -0.2) is 9.59 Å². The lowest BCUT2D eigenvalue weighted by Gasteiger charge is -2.43. The summed E-state index contributed by atoms with van der Waals surface area (Å²) < 4.78 is 26.5. The highest BCUT2D eigenvalue weighted by Crippen LogP contribution is 2.25. The van der Waals surface area contributed by atoms with E-state index in [1.807, 2.05) is 0 Å². The smallest absolute Gasteiger partial charge is 0.341 e. The summed E-state index contributed by atoms with van der Waals surface area (Å²) in [6.45, 7) is 5.52. The average molecular weight is 522 g/mol. The van der Waals surface area contributed by atoms with Crippen LogP contribution >= 0.6 is 0 Å². The van der Waals surface area contributed by atoms with Crippen LogP contribution < -0.4 is 5.32 Å². The topological polar surface area (TPSA) is 170 Å². The number of esters is 2. The lowest BCUT2D eigenvalue weighted by molar-refractivity contribution is -0.272. The van der Waals surface area contributed by atoms with Crippen molar-refractivity contribution >= 4 is 17.8 Å². The molecule has 12 heteroatoms. The van der Waals surface area contributed by atoms with Gasteiger partial charge in [-0.3, -0.25) is 4.79 Å². The molecule has 12 nitrogen and oxygen atoms in total. The van der Waals surface area contributed by atoms with Gasteiger partial charge in [-0.2, -0.15) is 0 Å². The molecule has 1 amide bonds. The quantitative estimate of drug-likeness (QED) is 0.180. The van der Waals surface area contributed by atoms with Crippen molar-refractivity contribution in [3.63, 3.8) is 0 Å². The first-order valence-corrected chi connectivity index (χ1v) is 11.3. The number of ether oxygens (including phenoxy) is 5. The van der Waals surface area contributed by atoms with E-state index in [-0.39, 0.29) is 36.7 Å². The molecule has 0 radical (unpaired) electrons. The molecular formula is C25H31NO11. The van der Waals surface area contributed by atoms with Gasteiger partial charge in [0.1, 0.15) is 42.3 Å². The number of aliphatic hydroxyl groups excluding tert-OH is 2. The van der Waals surface area contributed by atoms with Crippen molar-refractivity contribution in [2.45, 2.75) is 44.5 Å². The molecule has 1 aromatic rings. The largest absolute Gasteiger partial charge is 0.507 e. The van der Waals surface area contributed by atoms with Crippen molar-refractivity contribution in [2.24, 2.45) is 0 Å². The van der Waals surface area contributed by atoms with Crippen molar-refractivity contribution in [1.29, 1.82) is 0 Å². The third-order valence-electron chi connectivity index (χ3n) is 5.19. The number of hydrogen-bond acceptors (Lipinski definition) is 11. The van der Waals surface area contributed by atoms with Gasteiger partial charge in [-0.15, -0.1) is 0 Å². The minimum Gasteiger partial charge on any atom is -0.507 e. The lowest BCUT2D eigenvalue weighted by atomic mass is 9.96. The minimum absolute atomic E-state index is 0.00813. The van der Waals surface area contributed by atoms with Crippen LogP contribution in [0.15, 0.2) is 30.4 Å². The predicted molar refractivity (Wildman–Crippen MR) is 127 cm³/mol. The summed E-state index contributed by atoms with van der Waals surface area (Å²) >= 11 is 0. The summed E-state index contributed by atoms with van der Waals surface area (Å²) in [7, 11) is 1.18. The normalized spacial score (nSPS) is 22.8. The molecule has 1 fully saturated rings. The number of aromatic hydroxyl groups is 1. The van der Waals surface area contributed by atoms with Crippen LogP contribution in [0.25, 0.3) is 0 Å². The van der Waals surface area contributed by atoms with Crippen molar-refractivity contribution in [3.05, 3.63) is 41.5 Å². The Labute approximate surface area is 214 Å². The van der Waals surface area contributed by atoms with Gasteiger partial charge >= 0.3 is 11.9 Å². The standard InChI is InChI=1S/C25H31NO11/c1-5-34-23(31)14(2)13-36-22-20(26-15(3)28)25(37-19(12-27)21(22)30)35-10-6-7-16-8-9-18(29)17(11-16)24(32)33-4/h8-9,11,19-22,25,27,29-30H,2,5,10,12-13H2,1,3-4H3,(H,26,28)/t19?,20-,21+,22?,25+/m0/s1.